The van der Waals surface area contributed by atoms with E-state index in [0.29, 0.717) is 6.61 Å². The molecule has 1 atom stereocenters. The first-order chi connectivity index (χ1) is 8.78. The van der Waals surface area contributed by atoms with Gasteiger partial charge in [0.05, 0.1) is 6.20 Å². The smallest absolute Gasteiger partial charge is 0.119 e. The number of para-hydroxylation sites is 1. The Labute approximate surface area is 108 Å². The van der Waals surface area contributed by atoms with Crippen molar-refractivity contribution in [3.05, 3.63) is 48.3 Å². The van der Waals surface area contributed by atoms with Crippen LogP contribution in [-0.2, 0) is 13.5 Å². The van der Waals surface area contributed by atoms with Gasteiger partial charge in [-0.2, -0.15) is 5.10 Å². The first kappa shape index (κ1) is 12.6. The number of nitrogens with one attached hydrogen (secondary N) is 1. The molecule has 4 heteroatoms. The largest absolute Gasteiger partial charge is 0.492 e. The minimum Gasteiger partial charge on any atom is -0.492 e. The van der Waals surface area contributed by atoms with Crippen molar-refractivity contribution in [1.82, 2.24) is 15.1 Å². The van der Waals surface area contributed by atoms with Gasteiger partial charge in [-0.1, -0.05) is 18.2 Å². The molecule has 1 unspecified atom stereocenters. The average Bonchev–Trinajstić information content (AvgIpc) is 2.81. The summed E-state index contributed by atoms with van der Waals surface area (Å²) in [5.74, 6) is 0.906. The number of nitrogens with zero attached hydrogens (tertiary/aromatic N) is 2. The van der Waals surface area contributed by atoms with Crippen LogP contribution in [-0.4, -0.2) is 29.5 Å². The second-order valence-electron chi connectivity index (χ2n) is 4.34. The van der Waals surface area contributed by atoms with Crippen LogP contribution in [0.4, 0.5) is 0 Å². The summed E-state index contributed by atoms with van der Waals surface area (Å²) in [5.41, 5.74) is 1.22. The number of ether oxygens (including phenoxy) is 1. The van der Waals surface area contributed by atoms with E-state index in [1.54, 1.807) is 0 Å². The van der Waals surface area contributed by atoms with Crippen LogP contribution >= 0.6 is 0 Å². The van der Waals surface area contributed by atoms with Crippen LogP contribution in [0.2, 0.25) is 0 Å². The standard InChI is InChI=1S/C14H19N3O/c1-15-13(8-12-9-16-17(2)10-12)11-18-14-6-4-3-5-7-14/h3-7,9-10,13,15H,8,11H2,1-2H3. The van der Waals surface area contributed by atoms with Gasteiger partial charge in [-0.25, -0.2) is 0 Å². The molecular weight excluding hydrogens is 226 g/mol. The van der Waals surface area contributed by atoms with Crippen LogP contribution in [0.3, 0.4) is 0 Å². The van der Waals surface area contributed by atoms with E-state index < -0.39 is 0 Å². The summed E-state index contributed by atoms with van der Waals surface area (Å²) < 4.78 is 7.57. The fraction of sp³-hybridized carbons (Fsp3) is 0.357. The summed E-state index contributed by atoms with van der Waals surface area (Å²) in [5, 5.41) is 7.44. The highest BCUT2D eigenvalue weighted by Crippen LogP contribution is 2.09. The third kappa shape index (κ3) is 3.60. The maximum Gasteiger partial charge on any atom is 0.119 e. The van der Waals surface area contributed by atoms with Crippen molar-refractivity contribution in [3.8, 4) is 5.75 Å². The lowest BCUT2D eigenvalue weighted by Gasteiger charge is -2.16. The highest BCUT2D eigenvalue weighted by atomic mass is 16.5. The van der Waals surface area contributed by atoms with Gasteiger partial charge < -0.3 is 10.1 Å². The van der Waals surface area contributed by atoms with Gasteiger partial charge in [0.2, 0.25) is 0 Å². The fourth-order valence-corrected chi connectivity index (χ4v) is 1.82. The van der Waals surface area contributed by atoms with Gasteiger partial charge in [0.15, 0.2) is 0 Å². The molecule has 96 valence electrons. The molecule has 0 aliphatic heterocycles. The van der Waals surface area contributed by atoms with Gasteiger partial charge in [0.25, 0.3) is 0 Å². The molecule has 1 N–H and O–H groups in total. The molecule has 1 aromatic heterocycles. The highest BCUT2D eigenvalue weighted by molar-refractivity contribution is 5.21. The van der Waals surface area contributed by atoms with Crippen LogP contribution in [0, 0.1) is 0 Å². The van der Waals surface area contributed by atoms with E-state index in [4.69, 9.17) is 4.74 Å². The summed E-state index contributed by atoms with van der Waals surface area (Å²) in [6, 6.07) is 10.2. The maximum atomic E-state index is 5.75. The summed E-state index contributed by atoms with van der Waals surface area (Å²) in [4.78, 5) is 0. The molecule has 0 saturated heterocycles. The Morgan fingerprint density at radius 1 is 1.33 bits per heavy atom. The van der Waals surface area contributed by atoms with Gasteiger partial charge in [-0.3, -0.25) is 4.68 Å². The fourth-order valence-electron chi connectivity index (χ4n) is 1.82. The van der Waals surface area contributed by atoms with Crippen LogP contribution in [0.5, 0.6) is 5.75 Å². The summed E-state index contributed by atoms with van der Waals surface area (Å²) >= 11 is 0. The Bertz CT molecular complexity index is 467. The molecule has 2 aromatic rings. The lowest BCUT2D eigenvalue weighted by molar-refractivity contribution is 0.270. The second kappa shape index (κ2) is 6.21. The van der Waals surface area contributed by atoms with E-state index in [9.17, 15) is 0 Å². The molecule has 1 aromatic carbocycles. The van der Waals surface area contributed by atoms with Crippen LogP contribution < -0.4 is 10.1 Å². The van der Waals surface area contributed by atoms with Gasteiger partial charge in [0, 0.05) is 19.3 Å². The molecule has 0 saturated carbocycles. The van der Waals surface area contributed by atoms with Crippen LogP contribution in [0.1, 0.15) is 5.56 Å². The van der Waals surface area contributed by atoms with Crippen molar-refractivity contribution in [3.63, 3.8) is 0 Å². The van der Waals surface area contributed by atoms with E-state index in [0.717, 1.165) is 12.2 Å². The normalized spacial score (nSPS) is 12.3. The van der Waals surface area contributed by atoms with E-state index in [1.165, 1.54) is 5.56 Å². The number of hydrogen-bond acceptors (Lipinski definition) is 3. The molecular formula is C14H19N3O. The minimum atomic E-state index is 0.286. The van der Waals surface area contributed by atoms with Gasteiger partial charge in [-0.15, -0.1) is 0 Å². The zero-order chi connectivity index (χ0) is 12.8. The lowest BCUT2D eigenvalue weighted by atomic mass is 10.1. The lowest BCUT2D eigenvalue weighted by Crippen LogP contribution is -2.33. The van der Waals surface area contributed by atoms with Crippen LogP contribution in [0.15, 0.2) is 42.7 Å². The van der Waals surface area contributed by atoms with Gasteiger partial charge in [-0.05, 0) is 31.2 Å². The van der Waals surface area contributed by atoms with Crippen molar-refractivity contribution in [1.29, 1.82) is 0 Å². The van der Waals surface area contributed by atoms with Crippen LogP contribution in [0.25, 0.3) is 0 Å². The summed E-state index contributed by atoms with van der Waals surface area (Å²) in [6.45, 7) is 0.648. The third-order valence-electron chi connectivity index (χ3n) is 2.84. The molecule has 0 aliphatic carbocycles. The van der Waals surface area contributed by atoms with Crippen molar-refractivity contribution < 1.29 is 4.74 Å². The SMILES string of the molecule is CNC(COc1ccccc1)Cc1cnn(C)c1. The monoisotopic (exact) mass is 245 g/mol. The maximum absolute atomic E-state index is 5.75. The van der Waals surface area contributed by atoms with E-state index in [-0.39, 0.29) is 6.04 Å². The molecule has 4 nitrogen and oxygen atoms in total. The van der Waals surface area contributed by atoms with Crippen molar-refractivity contribution in [2.24, 2.45) is 7.05 Å². The Morgan fingerprint density at radius 3 is 2.72 bits per heavy atom. The zero-order valence-corrected chi connectivity index (χ0v) is 10.8. The molecule has 0 amide bonds. The highest BCUT2D eigenvalue weighted by Gasteiger charge is 2.09. The average molecular weight is 245 g/mol. The quantitative estimate of drug-likeness (QED) is 0.840. The number of hydrogen-bond donors (Lipinski definition) is 1. The second-order valence-corrected chi connectivity index (χ2v) is 4.34. The van der Waals surface area contributed by atoms with E-state index in [1.807, 2.05) is 61.5 Å². The number of likely N-dealkylation sites (N-methyl/N-ethyl adjacent to an activating group) is 1. The first-order valence-corrected chi connectivity index (χ1v) is 6.10. The minimum absolute atomic E-state index is 0.286. The topological polar surface area (TPSA) is 39.1 Å². The molecule has 2 rings (SSSR count). The molecule has 1 heterocycles. The van der Waals surface area contributed by atoms with Gasteiger partial charge >= 0.3 is 0 Å². The molecule has 0 spiro atoms. The van der Waals surface area contributed by atoms with E-state index >= 15 is 0 Å². The Hall–Kier alpha value is -1.81. The molecule has 0 aliphatic rings. The third-order valence-corrected chi connectivity index (χ3v) is 2.84. The predicted octanol–water partition coefficient (Wildman–Crippen LogP) is 1.63. The predicted molar refractivity (Wildman–Crippen MR) is 71.7 cm³/mol. The summed E-state index contributed by atoms with van der Waals surface area (Å²) in [7, 11) is 3.88. The van der Waals surface area contributed by atoms with Gasteiger partial charge in [0.1, 0.15) is 12.4 Å². The van der Waals surface area contributed by atoms with Crippen molar-refractivity contribution in [2.45, 2.75) is 12.5 Å². The Balaban J connectivity index is 1.86. The number of benzene rings is 1. The molecule has 0 bridgehead atoms. The number of aryl methyl sites for hydroxylation is 1. The summed E-state index contributed by atoms with van der Waals surface area (Å²) in [6.07, 6.45) is 4.84. The molecule has 18 heavy (non-hydrogen) atoms. The number of rotatable bonds is 6. The zero-order valence-electron chi connectivity index (χ0n) is 10.8. The molecule has 0 radical (unpaired) electrons. The first-order valence-electron chi connectivity index (χ1n) is 6.10. The van der Waals surface area contributed by atoms with Crippen molar-refractivity contribution in [2.75, 3.05) is 13.7 Å². The Kier molecular flexibility index (Phi) is 4.36. The number of aromatic nitrogens is 2. The Morgan fingerprint density at radius 2 is 2.11 bits per heavy atom. The molecule has 0 fully saturated rings. The van der Waals surface area contributed by atoms with E-state index in [2.05, 4.69) is 10.4 Å². The van der Waals surface area contributed by atoms with Crippen molar-refractivity contribution >= 4 is 0 Å².